The molecule has 6 nitrogen and oxygen atoms in total. The first kappa shape index (κ1) is 21.1. The maximum Gasteiger partial charge on any atom is 0.225 e. The Morgan fingerprint density at radius 3 is 2.57 bits per heavy atom. The van der Waals surface area contributed by atoms with Crippen molar-refractivity contribution in [1.82, 2.24) is 10.6 Å². The van der Waals surface area contributed by atoms with E-state index in [-0.39, 0.29) is 18.4 Å². The van der Waals surface area contributed by atoms with E-state index in [1.54, 1.807) is 11.8 Å². The van der Waals surface area contributed by atoms with Crippen molar-refractivity contribution in [3.8, 4) is 0 Å². The third kappa shape index (κ3) is 4.05. The highest BCUT2D eigenvalue weighted by atomic mass is 32.2. The summed E-state index contributed by atoms with van der Waals surface area (Å²) in [6.07, 6.45) is 0.195. The van der Waals surface area contributed by atoms with E-state index in [0.29, 0.717) is 11.7 Å². The first-order chi connectivity index (χ1) is 14.5. The van der Waals surface area contributed by atoms with Crippen LogP contribution in [0.1, 0.15) is 12.0 Å². The highest BCUT2D eigenvalue weighted by Crippen LogP contribution is 2.37. The van der Waals surface area contributed by atoms with Gasteiger partial charge in [0.2, 0.25) is 5.91 Å². The molecule has 4 N–H and O–H groups in total. The Balaban J connectivity index is 1.59. The molecule has 0 spiro atoms. The van der Waals surface area contributed by atoms with Crippen LogP contribution in [0.2, 0.25) is 0 Å². The van der Waals surface area contributed by atoms with Gasteiger partial charge in [-0.3, -0.25) is 4.79 Å². The van der Waals surface area contributed by atoms with E-state index in [2.05, 4.69) is 10.6 Å². The number of amides is 1. The van der Waals surface area contributed by atoms with Crippen molar-refractivity contribution in [3.05, 3.63) is 60.2 Å². The molecule has 1 saturated carbocycles. The quantitative estimate of drug-likeness (QED) is 0.415. The lowest BCUT2D eigenvalue weighted by Gasteiger charge is -2.41. The molecule has 5 atom stereocenters. The fourth-order valence-electron chi connectivity index (χ4n) is 4.30. The molecule has 2 fully saturated rings. The van der Waals surface area contributed by atoms with E-state index in [4.69, 9.17) is 12.2 Å². The van der Waals surface area contributed by atoms with Crippen molar-refractivity contribution in [2.24, 2.45) is 5.92 Å². The Morgan fingerprint density at radius 2 is 1.90 bits per heavy atom. The zero-order valence-electron chi connectivity index (χ0n) is 16.6. The van der Waals surface area contributed by atoms with Gasteiger partial charge in [0.1, 0.15) is 6.10 Å². The minimum Gasteiger partial charge on any atom is -0.390 e. The molecule has 8 heteroatoms. The topological polar surface area (TPSA) is 84.8 Å². The van der Waals surface area contributed by atoms with Gasteiger partial charge in [0.05, 0.1) is 24.1 Å². The number of rotatable bonds is 5. The number of aliphatic hydroxyl groups excluding tert-OH is 2. The summed E-state index contributed by atoms with van der Waals surface area (Å²) in [6.45, 7) is 0.409. The summed E-state index contributed by atoms with van der Waals surface area (Å²) < 4.78 is 0. The number of thioether (sulfide) groups is 1. The number of aliphatic hydroxyl groups is 2. The molecule has 1 aliphatic heterocycles. The number of thiocarbonyl (C=S) groups is 1. The van der Waals surface area contributed by atoms with Gasteiger partial charge in [-0.05, 0) is 54.7 Å². The predicted molar refractivity (Wildman–Crippen MR) is 122 cm³/mol. The van der Waals surface area contributed by atoms with Crippen molar-refractivity contribution in [3.63, 3.8) is 0 Å². The summed E-state index contributed by atoms with van der Waals surface area (Å²) >= 11 is 7.21. The van der Waals surface area contributed by atoms with Crippen LogP contribution in [0, 0.1) is 5.92 Å². The van der Waals surface area contributed by atoms with Gasteiger partial charge < -0.3 is 25.7 Å². The Kier molecular flexibility index (Phi) is 6.29. The number of anilines is 1. The van der Waals surface area contributed by atoms with Gasteiger partial charge >= 0.3 is 0 Å². The van der Waals surface area contributed by atoms with Crippen molar-refractivity contribution in [2.75, 3.05) is 11.2 Å². The molecule has 158 valence electrons. The summed E-state index contributed by atoms with van der Waals surface area (Å²) in [6, 6.07) is 16.7. The highest BCUT2D eigenvalue weighted by Gasteiger charge is 2.53. The number of hydrogen-bond donors (Lipinski definition) is 4. The minimum atomic E-state index is -0.999. The number of carbonyl (C=O) groups excluding carboxylic acids is 1. The van der Waals surface area contributed by atoms with Gasteiger partial charge in [-0.1, -0.05) is 30.3 Å². The van der Waals surface area contributed by atoms with E-state index in [1.165, 1.54) is 0 Å². The van der Waals surface area contributed by atoms with E-state index in [9.17, 15) is 15.0 Å². The molecule has 1 saturated heterocycles. The Labute approximate surface area is 185 Å². The average Bonchev–Trinajstić information content (AvgIpc) is 3.12. The van der Waals surface area contributed by atoms with Gasteiger partial charge in [-0.15, -0.1) is 11.8 Å². The third-order valence-corrected chi connectivity index (χ3v) is 6.90. The Morgan fingerprint density at radius 1 is 1.20 bits per heavy atom. The van der Waals surface area contributed by atoms with Gasteiger partial charge in [0, 0.05) is 17.1 Å². The van der Waals surface area contributed by atoms with Crippen LogP contribution in [-0.4, -0.2) is 51.8 Å². The molecular weight excluding hydrogens is 418 g/mol. The third-order valence-electron chi connectivity index (χ3n) is 5.84. The fourth-order valence-corrected chi connectivity index (χ4v) is 5.07. The monoisotopic (exact) mass is 443 g/mol. The standard InChI is InChI=1S/C22H25N3O3S2/c1-30-15-9-7-14(8-10-15)25-19-16(11-17(26)20(27)18(19)24-22(25)29)21(28)23-12-13-5-3-2-4-6-13/h2-10,16-20,26-27H,11-12H2,1H3,(H,23,28)(H,24,29)/t16-,17-,18-,19+,20+/m1/s1. The summed E-state index contributed by atoms with van der Waals surface area (Å²) in [7, 11) is 0. The van der Waals surface area contributed by atoms with Crippen LogP contribution in [0.3, 0.4) is 0 Å². The van der Waals surface area contributed by atoms with Crippen LogP contribution in [-0.2, 0) is 11.3 Å². The molecule has 4 rings (SSSR count). The lowest BCUT2D eigenvalue weighted by molar-refractivity contribution is -0.131. The zero-order chi connectivity index (χ0) is 21.3. The molecule has 30 heavy (non-hydrogen) atoms. The van der Waals surface area contributed by atoms with Crippen molar-refractivity contribution in [1.29, 1.82) is 0 Å². The number of nitrogens with zero attached hydrogens (tertiary/aromatic N) is 1. The van der Waals surface area contributed by atoms with Crippen LogP contribution in [0.15, 0.2) is 59.5 Å². The van der Waals surface area contributed by atoms with Gasteiger partial charge in [-0.25, -0.2) is 0 Å². The molecular formula is C22H25N3O3S2. The molecule has 2 aliphatic rings. The number of carbonyl (C=O) groups is 1. The molecule has 0 radical (unpaired) electrons. The Bertz CT molecular complexity index is 910. The SMILES string of the molecule is CSc1ccc(N2C(=S)N[C@H]3[C@@H](O)[C@H](O)C[C@@H](C(=O)NCc4ccccc4)[C@@H]32)cc1. The molecule has 0 bridgehead atoms. The van der Waals surface area contributed by atoms with E-state index in [1.807, 2.05) is 65.8 Å². The first-order valence-corrected chi connectivity index (χ1v) is 11.5. The summed E-state index contributed by atoms with van der Waals surface area (Å²) in [5.41, 5.74) is 1.87. The van der Waals surface area contributed by atoms with Crippen LogP contribution >= 0.6 is 24.0 Å². The van der Waals surface area contributed by atoms with E-state index in [0.717, 1.165) is 16.1 Å². The number of fused-ring (bicyclic) bond motifs is 1. The lowest BCUT2D eigenvalue weighted by atomic mass is 9.77. The normalized spacial score (nSPS) is 28.0. The van der Waals surface area contributed by atoms with Crippen molar-refractivity contribution < 1.29 is 15.0 Å². The molecule has 1 aliphatic carbocycles. The highest BCUT2D eigenvalue weighted by molar-refractivity contribution is 7.98. The second-order valence-corrected chi connectivity index (χ2v) is 8.90. The summed E-state index contributed by atoms with van der Waals surface area (Å²) in [4.78, 5) is 16.2. The summed E-state index contributed by atoms with van der Waals surface area (Å²) in [5, 5.41) is 27.6. The van der Waals surface area contributed by atoms with E-state index < -0.39 is 24.2 Å². The largest absolute Gasteiger partial charge is 0.390 e. The number of nitrogens with one attached hydrogen (secondary N) is 2. The molecule has 1 heterocycles. The van der Waals surface area contributed by atoms with Crippen molar-refractivity contribution in [2.45, 2.75) is 42.2 Å². The fraction of sp³-hybridized carbons (Fsp3) is 0.364. The van der Waals surface area contributed by atoms with E-state index >= 15 is 0 Å². The minimum absolute atomic E-state index is 0.156. The van der Waals surface area contributed by atoms with Gasteiger partial charge in [-0.2, -0.15) is 0 Å². The van der Waals surface area contributed by atoms with Crippen LogP contribution < -0.4 is 15.5 Å². The van der Waals surface area contributed by atoms with Crippen molar-refractivity contribution >= 4 is 40.7 Å². The molecule has 0 aromatic heterocycles. The zero-order valence-corrected chi connectivity index (χ0v) is 18.2. The lowest BCUT2D eigenvalue weighted by Crippen LogP contribution is -2.60. The predicted octanol–water partition coefficient (Wildman–Crippen LogP) is 1.90. The molecule has 1 amide bonds. The van der Waals surface area contributed by atoms with Crippen LogP contribution in [0.5, 0.6) is 0 Å². The average molecular weight is 444 g/mol. The maximum absolute atomic E-state index is 13.1. The van der Waals surface area contributed by atoms with Gasteiger partial charge in [0.25, 0.3) is 0 Å². The number of benzene rings is 2. The second kappa shape index (κ2) is 8.93. The molecule has 2 aromatic carbocycles. The first-order valence-electron chi connectivity index (χ1n) is 9.91. The number of hydrogen-bond acceptors (Lipinski definition) is 5. The van der Waals surface area contributed by atoms with Crippen LogP contribution in [0.25, 0.3) is 0 Å². The maximum atomic E-state index is 13.1. The molecule has 2 aromatic rings. The van der Waals surface area contributed by atoms with Gasteiger partial charge in [0.15, 0.2) is 5.11 Å². The Hall–Kier alpha value is -2.13. The van der Waals surface area contributed by atoms with Crippen LogP contribution in [0.4, 0.5) is 5.69 Å². The smallest absolute Gasteiger partial charge is 0.225 e. The summed E-state index contributed by atoms with van der Waals surface area (Å²) in [5.74, 6) is -0.678. The second-order valence-electron chi connectivity index (χ2n) is 7.64. The molecule has 0 unspecified atom stereocenters.